The summed E-state index contributed by atoms with van der Waals surface area (Å²) in [6, 6.07) is 7.43. The van der Waals surface area contributed by atoms with Crippen molar-refractivity contribution in [1.29, 1.82) is 0 Å². The van der Waals surface area contributed by atoms with E-state index in [4.69, 9.17) is 5.73 Å². The first kappa shape index (κ1) is 11.9. The predicted molar refractivity (Wildman–Crippen MR) is 65.4 cm³/mol. The second-order valence-electron chi connectivity index (χ2n) is 4.62. The number of carbonyl (C=O) groups is 1. The standard InChI is InChI=1S/C13H18N2O2/c1-9(11-4-2-3-5-12(11)16)15-7-6-10(8-15)13(14)17/h2-5,9-10,16H,6-8H2,1H3,(H2,14,17). The van der Waals surface area contributed by atoms with Gasteiger partial charge in [0.25, 0.3) is 0 Å². The third-order valence-electron chi connectivity index (χ3n) is 3.56. The molecule has 1 fully saturated rings. The number of likely N-dealkylation sites (tertiary alicyclic amines) is 1. The zero-order valence-corrected chi connectivity index (χ0v) is 9.97. The Bertz CT molecular complexity index is 420. The van der Waals surface area contributed by atoms with Gasteiger partial charge in [-0.3, -0.25) is 9.69 Å². The van der Waals surface area contributed by atoms with Crippen LogP contribution >= 0.6 is 0 Å². The Kier molecular flexibility index (Phi) is 3.33. The molecule has 1 heterocycles. The van der Waals surface area contributed by atoms with Crippen molar-refractivity contribution in [2.45, 2.75) is 19.4 Å². The lowest BCUT2D eigenvalue weighted by Crippen LogP contribution is -2.29. The van der Waals surface area contributed by atoms with E-state index in [1.54, 1.807) is 6.07 Å². The number of para-hydroxylation sites is 1. The second kappa shape index (κ2) is 4.75. The van der Waals surface area contributed by atoms with Crippen molar-refractivity contribution >= 4 is 5.91 Å². The zero-order chi connectivity index (χ0) is 12.4. The van der Waals surface area contributed by atoms with Crippen molar-refractivity contribution < 1.29 is 9.90 Å². The molecule has 17 heavy (non-hydrogen) atoms. The summed E-state index contributed by atoms with van der Waals surface area (Å²) in [6.45, 7) is 3.58. The van der Waals surface area contributed by atoms with Crippen molar-refractivity contribution in [2.24, 2.45) is 11.7 Å². The number of hydrogen-bond donors (Lipinski definition) is 2. The van der Waals surface area contributed by atoms with E-state index < -0.39 is 0 Å². The summed E-state index contributed by atoms with van der Waals surface area (Å²) >= 11 is 0. The molecule has 1 amide bonds. The Morgan fingerprint density at radius 1 is 1.53 bits per heavy atom. The molecule has 3 N–H and O–H groups in total. The molecule has 92 valence electrons. The molecule has 2 atom stereocenters. The predicted octanol–water partition coefficient (Wildman–Crippen LogP) is 1.26. The number of rotatable bonds is 3. The van der Waals surface area contributed by atoms with E-state index in [1.807, 2.05) is 25.1 Å². The van der Waals surface area contributed by atoms with Gasteiger partial charge in [0.05, 0.1) is 5.92 Å². The molecule has 0 radical (unpaired) electrons. The Morgan fingerprint density at radius 3 is 2.82 bits per heavy atom. The van der Waals surface area contributed by atoms with Gasteiger partial charge >= 0.3 is 0 Å². The number of carbonyl (C=O) groups excluding carboxylic acids is 1. The number of phenolic OH excluding ortho intramolecular Hbond substituents is 1. The fourth-order valence-electron chi connectivity index (χ4n) is 2.41. The van der Waals surface area contributed by atoms with Crippen LogP contribution in [0.25, 0.3) is 0 Å². The van der Waals surface area contributed by atoms with Crippen LogP contribution in [0.1, 0.15) is 24.9 Å². The van der Waals surface area contributed by atoms with Crippen LogP contribution in [0.3, 0.4) is 0 Å². The van der Waals surface area contributed by atoms with Gasteiger partial charge in [-0.15, -0.1) is 0 Å². The molecule has 2 rings (SSSR count). The molecule has 1 aromatic rings. The van der Waals surface area contributed by atoms with Gasteiger partial charge in [0, 0.05) is 18.2 Å². The first-order valence-electron chi connectivity index (χ1n) is 5.91. The SMILES string of the molecule is CC(c1ccccc1O)N1CCC(C(N)=O)C1. The van der Waals surface area contributed by atoms with Crippen LogP contribution < -0.4 is 5.73 Å². The third-order valence-corrected chi connectivity index (χ3v) is 3.56. The first-order valence-corrected chi connectivity index (χ1v) is 5.91. The van der Waals surface area contributed by atoms with Crippen LogP contribution in [0.15, 0.2) is 24.3 Å². The van der Waals surface area contributed by atoms with E-state index >= 15 is 0 Å². The molecule has 0 aromatic heterocycles. The fourth-order valence-corrected chi connectivity index (χ4v) is 2.41. The highest BCUT2D eigenvalue weighted by molar-refractivity contribution is 5.77. The number of benzene rings is 1. The minimum Gasteiger partial charge on any atom is -0.508 e. The third kappa shape index (κ3) is 2.42. The maximum Gasteiger partial charge on any atom is 0.221 e. The number of nitrogens with two attached hydrogens (primary N) is 1. The number of phenols is 1. The van der Waals surface area contributed by atoms with E-state index in [9.17, 15) is 9.90 Å². The quantitative estimate of drug-likeness (QED) is 0.827. The van der Waals surface area contributed by atoms with Gasteiger partial charge in [0.15, 0.2) is 0 Å². The molecule has 4 nitrogen and oxygen atoms in total. The summed E-state index contributed by atoms with van der Waals surface area (Å²) in [6.07, 6.45) is 0.813. The molecule has 0 saturated carbocycles. The van der Waals surface area contributed by atoms with Gasteiger partial charge in [0.1, 0.15) is 5.75 Å². The molecule has 1 saturated heterocycles. The molecule has 0 bridgehead atoms. The highest BCUT2D eigenvalue weighted by atomic mass is 16.3. The van der Waals surface area contributed by atoms with Gasteiger partial charge in [-0.2, -0.15) is 0 Å². The van der Waals surface area contributed by atoms with E-state index in [2.05, 4.69) is 4.90 Å². The Labute approximate surface area is 101 Å². The summed E-state index contributed by atoms with van der Waals surface area (Å²) < 4.78 is 0. The van der Waals surface area contributed by atoms with Crippen molar-refractivity contribution in [3.63, 3.8) is 0 Å². The molecular weight excluding hydrogens is 216 g/mol. The molecule has 1 aliphatic rings. The molecule has 0 spiro atoms. The van der Waals surface area contributed by atoms with Gasteiger partial charge in [-0.25, -0.2) is 0 Å². The molecule has 0 aliphatic carbocycles. The Hall–Kier alpha value is -1.55. The fraction of sp³-hybridized carbons (Fsp3) is 0.462. The van der Waals surface area contributed by atoms with Crippen molar-refractivity contribution in [3.05, 3.63) is 29.8 Å². The number of amides is 1. The van der Waals surface area contributed by atoms with Crippen LogP contribution in [0.5, 0.6) is 5.75 Å². The maximum atomic E-state index is 11.1. The average Bonchev–Trinajstić information content (AvgIpc) is 2.78. The summed E-state index contributed by atoms with van der Waals surface area (Å²) in [4.78, 5) is 13.3. The summed E-state index contributed by atoms with van der Waals surface area (Å²) in [5, 5.41) is 9.80. The zero-order valence-electron chi connectivity index (χ0n) is 9.97. The lowest BCUT2D eigenvalue weighted by molar-refractivity contribution is -0.121. The van der Waals surface area contributed by atoms with Crippen LogP contribution in [0.4, 0.5) is 0 Å². The molecule has 2 unspecified atom stereocenters. The summed E-state index contributed by atoms with van der Waals surface area (Å²) in [5.41, 5.74) is 6.21. The highest BCUT2D eigenvalue weighted by Crippen LogP contribution is 2.31. The van der Waals surface area contributed by atoms with E-state index in [0.29, 0.717) is 12.3 Å². The first-order chi connectivity index (χ1) is 8.09. The van der Waals surface area contributed by atoms with E-state index in [1.165, 1.54) is 0 Å². The summed E-state index contributed by atoms with van der Waals surface area (Å²) in [5.74, 6) is 0.0304. The molecular formula is C13H18N2O2. The molecule has 4 heteroatoms. The smallest absolute Gasteiger partial charge is 0.221 e. The minimum absolute atomic E-state index is 0.0525. The van der Waals surface area contributed by atoms with Crippen LogP contribution in [-0.2, 0) is 4.79 Å². The summed E-state index contributed by atoms with van der Waals surface area (Å²) in [7, 11) is 0. The number of aromatic hydroxyl groups is 1. The van der Waals surface area contributed by atoms with Gasteiger partial charge in [-0.1, -0.05) is 18.2 Å². The average molecular weight is 234 g/mol. The van der Waals surface area contributed by atoms with Crippen molar-refractivity contribution in [2.75, 3.05) is 13.1 Å². The van der Waals surface area contributed by atoms with Crippen molar-refractivity contribution in [1.82, 2.24) is 4.90 Å². The second-order valence-corrected chi connectivity index (χ2v) is 4.62. The molecule has 1 aliphatic heterocycles. The number of hydrogen-bond acceptors (Lipinski definition) is 3. The largest absolute Gasteiger partial charge is 0.508 e. The van der Waals surface area contributed by atoms with Crippen LogP contribution in [-0.4, -0.2) is 29.0 Å². The van der Waals surface area contributed by atoms with Crippen LogP contribution in [0, 0.1) is 5.92 Å². The van der Waals surface area contributed by atoms with Gasteiger partial charge in [0.2, 0.25) is 5.91 Å². The van der Waals surface area contributed by atoms with Gasteiger partial charge < -0.3 is 10.8 Å². The lowest BCUT2D eigenvalue weighted by atomic mass is 10.1. The van der Waals surface area contributed by atoms with Gasteiger partial charge in [-0.05, 0) is 26.0 Å². The minimum atomic E-state index is -0.225. The Balaban J connectivity index is 2.09. The van der Waals surface area contributed by atoms with E-state index in [0.717, 1.165) is 18.5 Å². The normalized spacial score (nSPS) is 22.5. The maximum absolute atomic E-state index is 11.1. The van der Waals surface area contributed by atoms with E-state index in [-0.39, 0.29) is 17.9 Å². The van der Waals surface area contributed by atoms with Crippen molar-refractivity contribution in [3.8, 4) is 5.75 Å². The number of nitrogens with zero attached hydrogens (tertiary/aromatic N) is 1. The monoisotopic (exact) mass is 234 g/mol. The topological polar surface area (TPSA) is 66.6 Å². The Morgan fingerprint density at radius 2 is 2.24 bits per heavy atom. The molecule has 1 aromatic carbocycles. The van der Waals surface area contributed by atoms with Crippen LogP contribution in [0.2, 0.25) is 0 Å². The number of primary amides is 1. The lowest BCUT2D eigenvalue weighted by Gasteiger charge is -2.25. The highest BCUT2D eigenvalue weighted by Gasteiger charge is 2.30.